The van der Waals surface area contributed by atoms with Crippen LogP contribution in [0, 0.1) is 111 Å². The normalized spacial score (nSPS) is 10.6. The van der Waals surface area contributed by atoms with Crippen molar-refractivity contribution in [1.82, 2.24) is 4.98 Å². The van der Waals surface area contributed by atoms with Crippen LogP contribution in [0.25, 0.3) is 10.9 Å². The Morgan fingerprint density at radius 3 is 1.21 bits per heavy atom. The van der Waals surface area contributed by atoms with Gasteiger partial charge in [0.1, 0.15) is 12.4 Å². The molecule has 0 atom stereocenters. The van der Waals surface area contributed by atoms with Gasteiger partial charge in [-0.25, -0.2) is 52.7 Å². The highest BCUT2D eigenvalue weighted by atomic mass is 19.4. The predicted molar refractivity (Wildman–Crippen MR) is 462 cm³/mol. The summed E-state index contributed by atoms with van der Waals surface area (Å²) in [6.07, 6.45) is 11.4. The maximum Gasteiger partial charge on any atom is 0.416 e. The molecule has 10 aromatic rings. The average molecular weight is 1730 g/mol. The first-order chi connectivity index (χ1) is 57.1. The lowest BCUT2D eigenvalue weighted by Gasteiger charge is -2.09. The van der Waals surface area contributed by atoms with E-state index in [1.54, 1.807) is 26.0 Å². The van der Waals surface area contributed by atoms with Crippen molar-refractivity contribution in [3.05, 3.63) is 329 Å². The summed E-state index contributed by atoms with van der Waals surface area (Å²) in [7, 11) is 0. The predicted octanol–water partition coefficient (Wildman–Crippen LogP) is 31.8. The summed E-state index contributed by atoms with van der Waals surface area (Å²) in [4.78, 5) is 29.3. The molecule has 0 unspecified atom stereocenters. The van der Waals surface area contributed by atoms with E-state index in [2.05, 4.69) is 138 Å². The van der Waals surface area contributed by atoms with Gasteiger partial charge in [-0.05, 0) is 145 Å². The van der Waals surface area contributed by atoms with Crippen LogP contribution in [0.4, 0.5) is 79.0 Å². The summed E-state index contributed by atoms with van der Waals surface area (Å²) < 4.78 is 230. The number of carbonyl (C=O) groups is 2. The van der Waals surface area contributed by atoms with Gasteiger partial charge >= 0.3 is 18.3 Å². The molecule has 0 saturated carbocycles. The summed E-state index contributed by atoms with van der Waals surface area (Å²) in [6, 6.07) is 46.4. The number of allylic oxidation sites excluding steroid dienone is 2. The summed E-state index contributed by atoms with van der Waals surface area (Å²) in [6.45, 7) is 32.5. The van der Waals surface area contributed by atoms with E-state index >= 15 is 0 Å². The molecule has 0 radical (unpaired) electrons. The molecule has 0 fully saturated rings. The highest BCUT2D eigenvalue weighted by Crippen LogP contribution is 2.32. The van der Waals surface area contributed by atoms with Crippen molar-refractivity contribution in [1.29, 1.82) is 0 Å². The number of alkyl halides is 6. The number of rotatable bonds is 16. The molecule has 1 aliphatic heterocycles. The topological polar surface area (TPSA) is 71.5 Å². The number of aromatic nitrogens is 1. The fourth-order valence-corrected chi connectivity index (χ4v) is 9.95. The van der Waals surface area contributed by atoms with Crippen LogP contribution >= 0.6 is 0 Å². The van der Waals surface area contributed by atoms with Crippen molar-refractivity contribution in [2.45, 2.75) is 254 Å². The van der Waals surface area contributed by atoms with E-state index in [4.69, 9.17) is 4.74 Å². The minimum Gasteiger partial charge on any atom is -0.461 e. The number of aryl methyl sites for hydroxylation is 7. The molecular weight excluding hydrogens is 1610 g/mol. The minimum atomic E-state index is -4.23. The van der Waals surface area contributed by atoms with Gasteiger partial charge in [0, 0.05) is 88.6 Å². The summed E-state index contributed by atoms with van der Waals surface area (Å²) in [5, 5.41) is 1.36. The summed E-state index contributed by atoms with van der Waals surface area (Å²) in [5.74, 6) is -15.6. The maximum absolute atomic E-state index is 12.9. The number of nitrogens with zero attached hydrogens (tertiary/aromatic N) is 1. The molecule has 0 saturated heterocycles. The molecule has 0 spiro atoms. The van der Waals surface area contributed by atoms with Gasteiger partial charge in [-0.2, -0.15) is 26.3 Å². The molecular formula is C99H122F18N2O3. The molecule has 2 heterocycles. The van der Waals surface area contributed by atoms with Gasteiger partial charge in [0.2, 0.25) is 0 Å². The number of Topliss-reactive ketones (excluding diaryl/α,β-unsaturated/α-hetero) is 1. The van der Waals surface area contributed by atoms with E-state index in [1.165, 1.54) is 96.6 Å². The third-order valence-electron chi connectivity index (χ3n) is 17.7. The molecule has 1 aliphatic rings. The lowest BCUT2D eigenvalue weighted by molar-refractivity contribution is -0.145. The zero-order chi connectivity index (χ0) is 92.1. The summed E-state index contributed by atoms with van der Waals surface area (Å²) in [5.41, 5.74) is 6.84. The van der Waals surface area contributed by atoms with Gasteiger partial charge in [0.25, 0.3) is 0 Å². The van der Waals surface area contributed by atoms with Crippen LogP contribution in [0.5, 0.6) is 0 Å². The maximum atomic E-state index is 12.9. The zero-order valence-corrected chi connectivity index (χ0v) is 72.7. The van der Waals surface area contributed by atoms with E-state index < -0.39 is 121 Å². The van der Waals surface area contributed by atoms with Crippen LogP contribution < -0.4 is 0 Å². The number of nitrogens with one attached hydrogen (secondary N) is 1. The van der Waals surface area contributed by atoms with E-state index in [9.17, 15) is 88.6 Å². The van der Waals surface area contributed by atoms with Gasteiger partial charge in [-0.1, -0.05) is 266 Å². The van der Waals surface area contributed by atoms with Gasteiger partial charge in [0.05, 0.1) is 11.1 Å². The number of para-hydroxylation sites is 1. The highest BCUT2D eigenvalue weighted by Gasteiger charge is 2.31. The van der Waals surface area contributed by atoms with Gasteiger partial charge in [0.15, 0.2) is 69.8 Å². The number of benzene rings is 9. The van der Waals surface area contributed by atoms with Crippen LogP contribution in [0.1, 0.15) is 238 Å². The Morgan fingerprint density at radius 1 is 0.393 bits per heavy atom. The number of aliphatic imine (C=N–C) groups is 1. The van der Waals surface area contributed by atoms with Crippen molar-refractivity contribution in [3.63, 3.8) is 0 Å². The molecule has 0 amide bonds. The van der Waals surface area contributed by atoms with E-state index in [-0.39, 0.29) is 32.3 Å². The third-order valence-corrected chi connectivity index (χ3v) is 17.7. The Labute approximate surface area is 711 Å². The Bertz CT molecular complexity index is 4530. The number of unbranched alkanes of at least 4 members (excludes halogenated alkanes) is 2. The third kappa shape index (κ3) is 43.0. The monoisotopic (exact) mass is 1730 g/mol. The second-order valence-corrected chi connectivity index (χ2v) is 27.4. The Kier molecular flexibility index (Phi) is 57.9. The first kappa shape index (κ1) is 114. The number of H-pyrrole nitrogens is 1. The van der Waals surface area contributed by atoms with Crippen molar-refractivity contribution in [2.24, 2.45) is 4.99 Å². The second-order valence-electron chi connectivity index (χ2n) is 27.4. The molecule has 9 aromatic carbocycles. The Balaban J connectivity index is 0. The molecule has 122 heavy (non-hydrogen) atoms. The van der Waals surface area contributed by atoms with Crippen LogP contribution in [-0.2, 0) is 71.8 Å². The largest absolute Gasteiger partial charge is 0.461 e. The molecule has 1 N–H and O–H groups in total. The van der Waals surface area contributed by atoms with E-state index in [0.717, 1.165) is 82.6 Å². The van der Waals surface area contributed by atoms with Crippen molar-refractivity contribution < 1.29 is 93.4 Å². The standard InChI is InChI=1S/C11H14O2.C11H14O.C10H11F3.C10H11N.2C9H8F4.C9H12.C8H7F3.C7H4F4.C6H9N.2C4H10.CH4/c1-2-6-11(12)13-9-10-7-4-3-5-8-10;1-2-11(12)9-8-10-6-4-3-5-7-10;1-3-8-4-7(2)5-9(6-8)10(11,12)13;1-2-8-7-11-10-6-4-3-5-9(8)10;2*1-3-5-8(12)6(10)4(2)7(11)9(5)13;1-3-9-6-4-8(2)5-7-9;1-6-3-2-4-7(5-6)8(9,10)11;1-3-6(10)4(8)2-5(9)7(3)11;1-2-6-4-3-5-7-6;2*1-3-4-2;/h3-5,7-8H,2,6,9H2,1H3;3-7H,2,8-9H2,1H3;4-6H,3H2,1-2H3;3-7,11H,2H2,1H3;2*3H2,1-2H3;4-7H,3H2,1-2H3;2-5H,1H3;2H,1H3;4-5H,2-3H2,1H3;2*3-4H2,1-2H3;1H4. The first-order valence-electron chi connectivity index (χ1n) is 40.4. The van der Waals surface area contributed by atoms with E-state index in [0.29, 0.717) is 49.2 Å². The van der Waals surface area contributed by atoms with Crippen LogP contribution in [0.3, 0.4) is 0 Å². The number of fused-ring (bicyclic) bond motifs is 1. The molecule has 672 valence electrons. The number of hydrogen-bond donors (Lipinski definition) is 1. The molecule has 0 aliphatic carbocycles. The quantitative estimate of drug-likeness (QED) is 0.0595. The lowest BCUT2D eigenvalue weighted by Crippen LogP contribution is -2.05. The molecule has 0 bridgehead atoms. The zero-order valence-electron chi connectivity index (χ0n) is 72.7. The smallest absolute Gasteiger partial charge is 0.416 e. The fraction of sp³-hybridized carbons (Fsp3) is 0.384. The number of esters is 1. The number of halogens is 18. The Hall–Kier alpha value is -10.2. The van der Waals surface area contributed by atoms with Crippen LogP contribution in [0.15, 0.2) is 181 Å². The van der Waals surface area contributed by atoms with E-state index in [1.807, 2.05) is 75.5 Å². The van der Waals surface area contributed by atoms with Crippen molar-refractivity contribution in [3.8, 4) is 0 Å². The Morgan fingerprint density at radius 2 is 0.836 bits per heavy atom. The number of ketones is 1. The van der Waals surface area contributed by atoms with Gasteiger partial charge in [-0.15, -0.1) is 0 Å². The van der Waals surface area contributed by atoms with Crippen LogP contribution in [0.2, 0.25) is 0 Å². The van der Waals surface area contributed by atoms with Crippen molar-refractivity contribution >= 4 is 28.9 Å². The fourth-order valence-electron chi connectivity index (χ4n) is 9.95. The minimum absolute atomic E-state index is 0. The first-order valence-corrected chi connectivity index (χ1v) is 40.4. The highest BCUT2D eigenvalue weighted by molar-refractivity contribution is 5.83. The number of aromatic amines is 1. The molecule has 5 nitrogen and oxygen atoms in total. The molecule has 1 aromatic heterocycles. The molecule has 11 rings (SSSR count). The summed E-state index contributed by atoms with van der Waals surface area (Å²) >= 11 is 0. The van der Waals surface area contributed by atoms with Gasteiger partial charge < -0.3 is 9.72 Å². The average Bonchev–Trinajstić information content (AvgIpc) is 1.04. The lowest BCUT2D eigenvalue weighted by atomic mass is 10.0. The number of ether oxygens (including phenoxy) is 1. The number of hydrogen-bond acceptors (Lipinski definition) is 4. The van der Waals surface area contributed by atoms with Crippen molar-refractivity contribution in [2.75, 3.05) is 0 Å². The van der Waals surface area contributed by atoms with Crippen LogP contribution in [-0.4, -0.2) is 23.0 Å². The number of carbonyl (C=O) groups excluding carboxylic acids is 2. The SMILES string of the molecule is C.CCC(=O)CCc1ccccc1.CCC1=CCC=N1.CCCC.CCCC.CCCC(=O)OCc1ccccc1.CCc1c(F)c(F)c(C)c(F)c1F.CCc1c(F)c(F)c(C)c(F)c1F.CCc1c[nH]c2ccccc12.CCc1cc(C)cc(C(F)(F)F)c1.CCc1ccc(C)cc1.Cc1c(F)c(F)cc(F)c1F.Cc1cccc(C(F)(F)F)c1. The van der Waals surface area contributed by atoms with Gasteiger partial charge in [-0.3, -0.25) is 14.6 Å². The second kappa shape index (κ2) is 62.0. The molecule has 23 heteroatoms.